The van der Waals surface area contributed by atoms with Crippen molar-refractivity contribution in [2.24, 2.45) is 4.99 Å². The van der Waals surface area contributed by atoms with E-state index in [1.807, 2.05) is 22.6 Å². The number of rotatable bonds is 1. The lowest BCUT2D eigenvalue weighted by Gasteiger charge is -1.99. The van der Waals surface area contributed by atoms with Gasteiger partial charge in [0.15, 0.2) is 0 Å². The third-order valence-corrected chi connectivity index (χ3v) is 3.63. The zero-order chi connectivity index (χ0) is 12.7. The van der Waals surface area contributed by atoms with Gasteiger partial charge in [0, 0.05) is 7.05 Å². The number of hydrogen-bond acceptors (Lipinski definition) is 6. The number of nitrogens with zero attached hydrogens (tertiary/aromatic N) is 4. The summed E-state index contributed by atoms with van der Waals surface area (Å²) in [6.07, 6.45) is 0. The molecule has 0 atom stereocenters. The molecule has 2 N–H and O–H groups in total. The molecule has 0 aliphatic rings. The lowest BCUT2D eigenvalue weighted by molar-refractivity contribution is 0.415. The second-order valence-corrected chi connectivity index (χ2v) is 4.67. The monoisotopic (exact) mass is 261 g/mol. The first-order valence-corrected chi connectivity index (χ1v) is 6.10. The van der Waals surface area contributed by atoms with Crippen LogP contribution in [-0.4, -0.2) is 28.5 Å². The van der Waals surface area contributed by atoms with Gasteiger partial charge in [-0.1, -0.05) is 11.3 Å². The third kappa shape index (κ3) is 1.52. The first-order chi connectivity index (χ1) is 8.72. The van der Waals surface area contributed by atoms with Crippen LogP contribution in [0.3, 0.4) is 0 Å². The fraction of sp³-hybridized carbons (Fsp3) is 0.182. The van der Waals surface area contributed by atoms with Crippen molar-refractivity contribution in [2.75, 3.05) is 19.9 Å². The van der Waals surface area contributed by atoms with Crippen molar-refractivity contribution in [3.05, 3.63) is 23.8 Å². The summed E-state index contributed by atoms with van der Waals surface area (Å²) in [5.74, 6) is 1.04. The lowest BCUT2D eigenvalue weighted by atomic mass is 10.3. The van der Waals surface area contributed by atoms with Gasteiger partial charge in [-0.05, 0) is 18.2 Å². The highest BCUT2D eigenvalue weighted by Crippen LogP contribution is 2.27. The Morgan fingerprint density at radius 1 is 1.39 bits per heavy atom. The molecule has 0 saturated heterocycles. The van der Waals surface area contributed by atoms with E-state index in [9.17, 15) is 0 Å². The molecule has 7 heteroatoms. The first-order valence-electron chi connectivity index (χ1n) is 5.28. The minimum Gasteiger partial charge on any atom is -0.497 e. The van der Waals surface area contributed by atoms with Crippen LogP contribution in [0.15, 0.2) is 23.2 Å². The summed E-state index contributed by atoms with van der Waals surface area (Å²) in [5, 5.41) is 0. The third-order valence-electron chi connectivity index (χ3n) is 2.63. The number of methoxy groups -OCH3 is 1. The molecule has 6 nitrogen and oxygen atoms in total. The second kappa shape index (κ2) is 3.95. The van der Waals surface area contributed by atoms with Gasteiger partial charge in [-0.25, -0.2) is 0 Å². The Bertz CT molecular complexity index is 804. The Hall–Kier alpha value is -2.15. The van der Waals surface area contributed by atoms with Crippen LogP contribution in [0.5, 0.6) is 5.75 Å². The molecule has 2 heterocycles. The van der Waals surface area contributed by atoms with Crippen molar-refractivity contribution < 1.29 is 4.74 Å². The number of hydrogen-bond donors (Lipinski definition) is 1. The largest absolute Gasteiger partial charge is 0.497 e. The summed E-state index contributed by atoms with van der Waals surface area (Å²) in [7, 11) is 3.33. The summed E-state index contributed by atoms with van der Waals surface area (Å²) in [4.78, 5) is 13.2. The van der Waals surface area contributed by atoms with Crippen LogP contribution in [0.4, 0.5) is 5.95 Å². The molecule has 0 spiro atoms. The van der Waals surface area contributed by atoms with E-state index in [0.717, 1.165) is 20.9 Å². The highest BCUT2D eigenvalue weighted by atomic mass is 32.1. The fourth-order valence-electron chi connectivity index (χ4n) is 1.83. The van der Waals surface area contributed by atoms with Gasteiger partial charge < -0.3 is 10.5 Å². The number of fused-ring (bicyclic) bond motifs is 3. The van der Waals surface area contributed by atoms with Gasteiger partial charge in [0.2, 0.25) is 16.5 Å². The van der Waals surface area contributed by atoms with Crippen LogP contribution < -0.4 is 16.1 Å². The summed E-state index contributed by atoms with van der Waals surface area (Å²) >= 11 is 1.53. The van der Waals surface area contributed by atoms with Crippen molar-refractivity contribution in [1.82, 2.24) is 14.4 Å². The fourth-order valence-corrected chi connectivity index (χ4v) is 2.87. The Kier molecular flexibility index (Phi) is 2.41. The van der Waals surface area contributed by atoms with Crippen molar-refractivity contribution >= 4 is 32.5 Å². The molecule has 2 aromatic heterocycles. The quantitative estimate of drug-likeness (QED) is 0.710. The number of ether oxygens (including phenoxy) is 1. The molecule has 0 fully saturated rings. The highest BCUT2D eigenvalue weighted by Gasteiger charge is 2.09. The van der Waals surface area contributed by atoms with Crippen LogP contribution in [-0.2, 0) is 0 Å². The van der Waals surface area contributed by atoms with E-state index in [0.29, 0.717) is 5.62 Å². The van der Waals surface area contributed by atoms with Gasteiger partial charge in [0.25, 0.3) is 0 Å². The maximum Gasteiger partial charge on any atom is 0.234 e. The molecule has 0 radical (unpaired) electrons. The SMILES string of the molecule is CN=c1nc(N)nc2sc3cc(OC)ccc3n12. The minimum atomic E-state index is 0.231. The van der Waals surface area contributed by atoms with E-state index in [2.05, 4.69) is 15.0 Å². The maximum absolute atomic E-state index is 5.66. The standard InChI is InChI=1S/C11H11N5OS/c1-13-10-14-9(12)15-11-16(10)7-4-3-6(17-2)5-8(7)18-11/h3-5H,1-2H3,(H2,12,13,14). The zero-order valence-corrected chi connectivity index (χ0v) is 10.7. The van der Waals surface area contributed by atoms with E-state index in [1.165, 1.54) is 11.3 Å². The normalized spacial score (nSPS) is 12.4. The molecular formula is C11H11N5OS. The number of nitrogens with two attached hydrogens (primary N) is 1. The Balaban J connectivity index is 2.51. The molecule has 92 valence electrons. The van der Waals surface area contributed by atoms with Crippen LogP contribution in [0.2, 0.25) is 0 Å². The van der Waals surface area contributed by atoms with Gasteiger partial charge in [0.1, 0.15) is 5.75 Å². The predicted molar refractivity (Wildman–Crippen MR) is 70.8 cm³/mol. The predicted octanol–water partition coefficient (Wildman–Crippen LogP) is 1.07. The number of anilines is 1. The van der Waals surface area contributed by atoms with Crippen molar-refractivity contribution in [3.8, 4) is 5.75 Å². The number of aromatic nitrogens is 3. The zero-order valence-electron chi connectivity index (χ0n) is 9.91. The van der Waals surface area contributed by atoms with Gasteiger partial charge in [0.05, 0.1) is 17.3 Å². The molecule has 0 unspecified atom stereocenters. The summed E-state index contributed by atoms with van der Waals surface area (Å²) in [5.41, 5.74) is 7.21. The second-order valence-electron chi connectivity index (χ2n) is 3.66. The molecule has 3 aromatic rings. The molecule has 0 saturated carbocycles. The summed E-state index contributed by atoms with van der Waals surface area (Å²) < 4.78 is 8.15. The van der Waals surface area contributed by atoms with Crippen molar-refractivity contribution in [3.63, 3.8) is 0 Å². The number of nitrogen functional groups attached to an aromatic ring is 1. The molecule has 0 amide bonds. The minimum absolute atomic E-state index is 0.231. The van der Waals surface area contributed by atoms with Gasteiger partial charge >= 0.3 is 0 Å². The van der Waals surface area contributed by atoms with Gasteiger partial charge in [-0.2, -0.15) is 9.97 Å². The summed E-state index contributed by atoms with van der Waals surface area (Å²) in [6.45, 7) is 0. The maximum atomic E-state index is 5.66. The summed E-state index contributed by atoms with van der Waals surface area (Å²) in [6, 6.07) is 5.83. The van der Waals surface area contributed by atoms with E-state index in [1.54, 1.807) is 14.2 Å². The molecular weight excluding hydrogens is 250 g/mol. The molecule has 18 heavy (non-hydrogen) atoms. The van der Waals surface area contributed by atoms with Gasteiger partial charge in [-0.3, -0.25) is 9.39 Å². The van der Waals surface area contributed by atoms with E-state index in [4.69, 9.17) is 10.5 Å². The van der Waals surface area contributed by atoms with E-state index in [-0.39, 0.29) is 5.95 Å². The van der Waals surface area contributed by atoms with Crippen LogP contribution >= 0.6 is 11.3 Å². The van der Waals surface area contributed by atoms with Crippen LogP contribution in [0.25, 0.3) is 15.2 Å². The highest BCUT2D eigenvalue weighted by molar-refractivity contribution is 7.23. The van der Waals surface area contributed by atoms with E-state index < -0.39 is 0 Å². The van der Waals surface area contributed by atoms with Crippen molar-refractivity contribution in [1.29, 1.82) is 0 Å². The molecule has 0 bridgehead atoms. The van der Waals surface area contributed by atoms with E-state index >= 15 is 0 Å². The molecule has 3 rings (SSSR count). The van der Waals surface area contributed by atoms with Gasteiger partial charge in [-0.15, -0.1) is 0 Å². The number of benzene rings is 1. The number of thiazole rings is 1. The Labute approximate surface area is 106 Å². The Morgan fingerprint density at radius 2 is 2.22 bits per heavy atom. The molecule has 0 aliphatic heterocycles. The Morgan fingerprint density at radius 3 is 2.94 bits per heavy atom. The van der Waals surface area contributed by atoms with Crippen LogP contribution in [0, 0.1) is 0 Å². The topological polar surface area (TPSA) is 77.8 Å². The smallest absolute Gasteiger partial charge is 0.234 e. The average molecular weight is 261 g/mol. The van der Waals surface area contributed by atoms with Crippen molar-refractivity contribution in [2.45, 2.75) is 0 Å². The lowest BCUT2D eigenvalue weighted by Crippen LogP contribution is -2.20. The average Bonchev–Trinajstić information content (AvgIpc) is 2.74. The van der Waals surface area contributed by atoms with Crippen LogP contribution in [0.1, 0.15) is 0 Å². The molecule has 0 aliphatic carbocycles. The molecule has 1 aromatic carbocycles. The first kappa shape index (κ1) is 11.0.